The first kappa shape index (κ1) is 29.0. The maximum Gasteiger partial charge on any atom is 0.203 e. The molecular weight excluding hydrogens is 553 g/mol. The van der Waals surface area contributed by atoms with Crippen molar-refractivity contribution in [1.82, 2.24) is 10.3 Å². The molecule has 2 heterocycles. The van der Waals surface area contributed by atoms with Gasteiger partial charge < -0.3 is 24.4 Å². The highest BCUT2D eigenvalue weighted by atomic mass is 79.9. The lowest BCUT2D eigenvalue weighted by Crippen LogP contribution is -2.43. The molecule has 1 aromatic heterocycles. The average Bonchev–Trinajstić information content (AvgIpc) is 2.87. The highest BCUT2D eigenvalue weighted by Crippen LogP contribution is 2.41. The maximum absolute atomic E-state index is 5.54. The molecule has 1 fully saturated rings. The second kappa shape index (κ2) is 13.8. The lowest BCUT2D eigenvalue weighted by Gasteiger charge is -2.36. The minimum absolute atomic E-state index is 0. The van der Waals surface area contributed by atoms with Crippen LogP contribution in [0, 0.1) is 0 Å². The molecule has 0 aliphatic carbocycles. The molecule has 0 amide bonds. The van der Waals surface area contributed by atoms with Crippen LogP contribution in [-0.4, -0.2) is 45.4 Å². The van der Waals surface area contributed by atoms with Crippen molar-refractivity contribution in [2.45, 2.75) is 25.4 Å². The fourth-order valence-corrected chi connectivity index (χ4v) is 4.62. The van der Waals surface area contributed by atoms with Gasteiger partial charge in [0.05, 0.1) is 21.3 Å². The van der Waals surface area contributed by atoms with Gasteiger partial charge in [0.15, 0.2) is 11.5 Å². The number of rotatable bonds is 8. The smallest absolute Gasteiger partial charge is 0.203 e. The summed E-state index contributed by atoms with van der Waals surface area (Å²) in [4.78, 5) is 7.06. The van der Waals surface area contributed by atoms with Crippen molar-refractivity contribution in [2.24, 2.45) is 0 Å². The predicted octanol–water partition coefficient (Wildman–Crippen LogP) is 6.14. The second-order valence-corrected chi connectivity index (χ2v) is 9.00. The minimum Gasteiger partial charge on any atom is -0.493 e. The Balaban J connectivity index is 0.00000216. The van der Waals surface area contributed by atoms with Gasteiger partial charge in [-0.3, -0.25) is 4.98 Å². The molecule has 0 spiro atoms. The topological polar surface area (TPSA) is 55.9 Å². The van der Waals surface area contributed by atoms with Crippen LogP contribution in [-0.2, 0) is 6.54 Å². The number of anilines is 1. The van der Waals surface area contributed by atoms with Gasteiger partial charge in [-0.1, -0.05) is 15.9 Å². The molecule has 1 N–H and O–H groups in total. The molecule has 2 aromatic carbocycles. The Hall–Kier alpha value is -2.19. The third-order valence-corrected chi connectivity index (χ3v) is 6.58. The van der Waals surface area contributed by atoms with Gasteiger partial charge in [0.2, 0.25) is 5.75 Å². The molecule has 6 nitrogen and oxygen atoms in total. The molecular formula is C26H32BrCl2N3O3. The molecule has 1 aliphatic heterocycles. The molecule has 4 rings (SSSR count). The van der Waals surface area contributed by atoms with Gasteiger partial charge in [0, 0.05) is 40.7 Å². The molecule has 9 heteroatoms. The Morgan fingerprint density at radius 3 is 2.09 bits per heavy atom. The van der Waals surface area contributed by atoms with Gasteiger partial charge in [-0.05, 0) is 79.5 Å². The number of aromatic nitrogens is 1. The predicted molar refractivity (Wildman–Crippen MR) is 150 cm³/mol. The standard InChI is InChI=1S/C26H30BrN3O3.2ClH/c1-31-24-13-19(14-25(32-2)26(24)33-3)20-12-18(15-29-16-20)17-30(23-8-10-28-11-9-23)22-6-4-21(27)5-7-22;;/h4-7,12-16,23,28H,8-11,17H2,1-3H3;2*1H. The molecule has 0 bridgehead atoms. The molecule has 0 saturated carbocycles. The molecule has 1 saturated heterocycles. The van der Waals surface area contributed by atoms with E-state index in [1.165, 1.54) is 5.69 Å². The Morgan fingerprint density at radius 2 is 1.51 bits per heavy atom. The summed E-state index contributed by atoms with van der Waals surface area (Å²) < 4.78 is 17.6. The van der Waals surface area contributed by atoms with E-state index >= 15 is 0 Å². The molecule has 0 unspecified atom stereocenters. The summed E-state index contributed by atoms with van der Waals surface area (Å²) >= 11 is 3.56. The molecule has 0 radical (unpaired) electrons. The maximum atomic E-state index is 5.54. The highest BCUT2D eigenvalue weighted by molar-refractivity contribution is 9.10. The number of methoxy groups -OCH3 is 3. The second-order valence-electron chi connectivity index (χ2n) is 8.08. The first-order valence-corrected chi connectivity index (χ1v) is 11.9. The fourth-order valence-electron chi connectivity index (χ4n) is 4.36. The third-order valence-electron chi connectivity index (χ3n) is 6.05. The summed E-state index contributed by atoms with van der Waals surface area (Å²) in [6, 6.07) is 15.2. The van der Waals surface area contributed by atoms with Gasteiger partial charge in [-0.15, -0.1) is 24.8 Å². The van der Waals surface area contributed by atoms with Crippen molar-refractivity contribution in [2.75, 3.05) is 39.3 Å². The van der Waals surface area contributed by atoms with Crippen molar-refractivity contribution in [3.05, 3.63) is 64.9 Å². The van der Waals surface area contributed by atoms with Gasteiger partial charge in [0.1, 0.15) is 0 Å². The van der Waals surface area contributed by atoms with E-state index in [4.69, 9.17) is 14.2 Å². The van der Waals surface area contributed by atoms with Crippen LogP contribution < -0.4 is 24.4 Å². The first-order valence-electron chi connectivity index (χ1n) is 11.1. The Labute approximate surface area is 228 Å². The lowest BCUT2D eigenvalue weighted by atomic mass is 10.0. The van der Waals surface area contributed by atoms with E-state index in [0.717, 1.165) is 53.6 Å². The van der Waals surface area contributed by atoms with E-state index in [9.17, 15) is 0 Å². The number of hydrogen-bond donors (Lipinski definition) is 1. The molecule has 3 aromatic rings. The molecule has 35 heavy (non-hydrogen) atoms. The van der Waals surface area contributed by atoms with Crippen LogP contribution in [0.15, 0.2) is 59.3 Å². The third kappa shape index (κ3) is 6.94. The summed E-state index contributed by atoms with van der Waals surface area (Å²) in [5.74, 6) is 1.84. The summed E-state index contributed by atoms with van der Waals surface area (Å²) in [6.45, 7) is 2.88. The Kier molecular flexibility index (Phi) is 11.4. The zero-order valence-corrected chi connectivity index (χ0v) is 23.3. The Bertz CT molecular complexity index is 1050. The van der Waals surface area contributed by atoms with Crippen LogP contribution in [0.1, 0.15) is 18.4 Å². The van der Waals surface area contributed by atoms with E-state index in [1.807, 2.05) is 24.5 Å². The highest BCUT2D eigenvalue weighted by Gasteiger charge is 2.22. The molecule has 0 atom stereocenters. The van der Waals surface area contributed by atoms with Gasteiger partial charge >= 0.3 is 0 Å². The van der Waals surface area contributed by atoms with Crippen molar-refractivity contribution in [1.29, 1.82) is 0 Å². The number of piperidine rings is 1. The van der Waals surface area contributed by atoms with E-state index in [1.54, 1.807) is 21.3 Å². The number of nitrogens with zero attached hydrogens (tertiary/aromatic N) is 2. The number of halogens is 3. The Morgan fingerprint density at radius 1 is 0.886 bits per heavy atom. The van der Waals surface area contributed by atoms with Crippen LogP contribution in [0.4, 0.5) is 5.69 Å². The van der Waals surface area contributed by atoms with Crippen LogP contribution in [0.5, 0.6) is 17.2 Å². The zero-order valence-electron chi connectivity index (χ0n) is 20.1. The van der Waals surface area contributed by atoms with Crippen LogP contribution in [0.3, 0.4) is 0 Å². The van der Waals surface area contributed by atoms with Crippen molar-refractivity contribution in [3.63, 3.8) is 0 Å². The number of hydrogen-bond acceptors (Lipinski definition) is 6. The zero-order chi connectivity index (χ0) is 23.2. The summed E-state index contributed by atoms with van der Waals surface area (Å²) in [5, 5.41) is 3.48. The van der Waals surface area contributed by atoms with Gasteiger partial charge in [-0.25, -0.2) is 0 Å². The largest absolute Gasteiger partial charge is 0.493 e. The number of benzene rings is 2. The minimum atomic E-state index is 0. The van der Waals surface area contributed by atoms with Crippen LogP contribution in [0.25, 0.3) is 11.1 Å². The first-order chi connectivity index (χ1) is 16.1. The van der Waals surface area contributed by atoms with Crippen LogP contribution in [0.2, 0.25) is 0 Å². The van der Waals surface area contributed by atoms with Crippen LogP contribution >= 0.6 is 40.7 Å². The normalized spacial score (nSPS) is 13.3. The van der Waals surface area contributed by atoms with Gasteiger partial charge in [-0.2, -0.15) is 0 Å². The summed E-state index contributed by atoms with van der Waals surface area (Å²) in [6.07, 6.45) is 6.07. The van der Waals surface area contributed by atoms with E-state index in [2.05, 4.69) is 61.5 Å². The lowest BCUT2D eigenvalue weighted by molar-refractivity contribution is 0.324. The molecule has 1 aliphatic rings. The number of nitrogens with one attached hydrogen (secondary N) is 1. The monoisotopic (exact) mass is 583 g/mol. The van der Waals surface area contributed by atoms with Crippen molar-refractivity contribution >= 4 is 46.4 Å². The van der Waals surface area contributed by atoms with Crippen molar-refractivity contribution in [3.8, 4) is 28.4 Å². The van der Waals surface area contributed by atoms with Gasteiger partial charge in [0.25, 0.3) is 0 Å². The number of ether oxygens (including phenoxy) is 3. The van der Waals surface area contributed by atoms with Crippen molar-refractivity contribution < 1.29 is 14.2 Å². The number of pyridine rings is 1. The fraction of sp³-hybridized carbons (Fsp3) is 0.346. The SMILES string of the molecule is COc1cc(-c2cncc(CN(c3ccc(Br)cc3)C3CCNCC3)c2)cc(OC)c1OC.Cl.Cl. The summed E-state index contributed by atoms with van der Waals surface area (Å²) in [7, 11) is 4.87. The quantitative estimate of drug-likeness (QED) is 0.343. The van der Waals surface area contributed by atoms with E-state index in [0.29, 0.717) is 23.3 Å². The average molecular weight is 585 g/mol. The van der Waals surface area contributed by atoms with E-state index < -0.39 is 0 Å². The molecule has 190 valence electrons. The van der Waals surface area contributed by atoms with E-state index in [-0.39, 0.29) is 24.8 Å². The summed E-state index contributed by atoms with van der Waals surface area (Å²) in [5.41, 5.74) is 4.36.